The average Bonchev–Trinajstić information content (AvgIpc) is 3.55. The van der Waals surface area contributed by atoms with Crippen LogP contribution in [0.3, 0.4) is 0 Å². The Bertz CT molecular complexity index is 726. The van der Waals surface area contributed by atoms with Gasteiger partial charge >= 0.3 is 34.1 Å². The first-order valence-corrected chi connectivity index (χ1v) is 14.6. The second-order valence-corrected chi connectivity index (χ2v) is 9.33. The van der Waals surface area contributed by atoms with Crippen LogP contribution in [0.25, 0.3) is 5.32 Å². The number of rotatable bonds is 4. The van der Waals surface area contributed by atoms with E-state index in [1.807, 2.05) is 80.6 Å². The predicted octanol–water partition coefficient (Wildman–Crippen LogP) is 8.36. The van der Waals surface area contributed by atoms with Crippen molar-refractivity contribution in [2.45, 2.75) is 39.5 Å². The molecule has 0 spiro atoms. The minimum atomic E-state index is -0.368. The molecule has 0 aliphatic carbocycles. The van der Waals surface area contributed by atoms with Crippen LogP contribution in [-0.2, 0) is 23.8 Å². The number of halogens is 2. The van der Waals surface area contributed by atoms with Gasteiger partial charge in [-0.3, -0.25) is 4.99 Å². The molecular weight excluding hydrogens is 482 g/mol. The molecule has 0 bridgehead atoms. The van der Waals surface area contributed by atoms with Crippen molar-refractivity contribution in [2.75, 3.05) is 26.4 Å². The van der Waals surface area contributed by atoms with Crippen molar-refractivity contribution < 1.29 is 23.8 Å². The van der Waals surface area contributed by atoms with Crippen LogP contribution in [0.15, 0.2) is 77.4 Å². The number of allylic oxidation sites excluding steroid dienone is 2. The summed E-state index contributed by atoms with van der Waals surface area (Å²) in [6.07, 6.45) is 7.10. The topological polar surface area (TPSA) is 44.9 Å². The van der Waals surface area contributed by atoms with Gasteiger partial charge in [-0.05, 0) is 44.7 Å². The first-order chi connectivity index (χ1) is 15.7. The van der Waals surface area contributed by atoms with E-state index in [-0.39, 0.29) is 14.4 Å². The van der Waals surface area contributed by atoms with Gasteiger partial charge in [-0.25, -0.2) is 0 Å². The zero-order chi connectivity index (χ0) is 23.3. The summed E-state index contributed by atoms with van der Waals surface area (Å²) in [6, 6.07) is 19.9. The second-order valence-electron chi connectivity index (χ2n) is 7.02. The molecule has 2 heterocycles. The molecular formula is C25H33Cl2N2O2V-. The second kappa shape index (κ2) is 20.3. The summed E-state index contributed by atoms with van der Waals surface area (Å²) >= 11 is -0.368. The number of benzene rings is 2. The minimum absolute atomic E-state index is 0.368. The van der Waals surface area contributed by atoms with Gasteiger partial charge in [0.05, 0.1) is 5.69 Å². The van der Waals surface area contributed by atoms with E-state index < -0.39 is 0 Å². The van der Waals surface area contributed by atoms with Gasteiger partial charge in [-0.15, -0.1) is 5.69 Å². The summed E-state index contributed by atoms with van der Waals surface area (Å²) in [4.78, 5) is 4.52. The van der Waals surface area contributed by atoms with Crippen LogP contribution in [0.1, 0.15) is 39.5 Å². The zero-order valence-electron chi connectivity index (χ0n) is 18.9. The number of ether oxygens (including phenoxy) is 2. The van der Waals surface area contributed by atoms with Crippen LogP contribution in [0.4, 0.5) is 11.4 Å². The maximum atomic E-state index is 4.94. The van der Waals surface area contributed by atoms with Crippen LogP contribution >= 0.6 is 19.7 Å². The van der Waals surface area contributed by atoms with Crippen molar-refractivity contribution in [2.24, 2.45) is 4.99 Å². The molecule has 0 radical (unpaired) electrons. The van der Waals surface area contributed by atoms with Gasteiger partial charge < -0.3 is 14.8 Å². The molecule has 2 aliphatic rings. The van der Waals surface area contributed by atoms with Crippen molar-refractivity contribution in [3.05, 3.63) is 77.8 Å². The Morgan fingerprint density at radius 3 is 1.66 bits per heavy atom. The number of hydrogen-bond donors (Lipinski definition) is 0. The van der Waals surface area contributed by atoms with Gasteiger partial charge in [0.25, 0.3) is 0 Å². The summed E-state index contributed by atoms with van der Waals surface area (Å²) in [6.45, 7) is 7.97. The molecule has 0 atom stereocenters. The van der Waals surface area contributed by atoms with Crippen molar-refractivity contribution in [3.8, 4) is 0 Å². The first-order valence-electron chi connectivity index (χ1n) is 10.8. The first kappa shape index (κ1) is 28.8. The maximum absolute atomic E-state index is 4.94. The van der Waals surface area contributed by atoms with E-state index in [0.717, 1.165) is 49.2 Å². The number of nitrogens with zero attached hydrogens (tertiary/aromatic N) is 2. The fourth-order valence-corrected chi connectivity index (χ4v) is 2.80. The third-order valence-electron chi connectivity index (χ3n) is 4.20. The Labute approximate surface area is 208 Å². The molecule has 175 valence electrons. The monoisotopic (exact) mass is 514 g/mol. The third kappa shape index (κ3) is 16.4. The van der Waals surface area contributed by atoms with E-state index in [4.69, 9.17) is 29.2 Å². The Morgan fingerprint density at radius 1 is 0.812 bits per heavy atom. The Kier molecular flexibility index (Phi) is 18.3. The summed E-state index contributed by atoms with van der Waals surface area (Å²) in [5.41, 5.74) is 3.82. The van der Waals surface area contributed by atoms with E-state index in [1.54, 1.807) is 0 Å². The predicted molar refractivity (Wildman–Crippen MR) is 134 cm³/mol. The van der Waals surface area contributed by atoms with Gasteiger partial charge in [0.1, 0.15) is 0 Å². The zero-order valence-corrected chi connectivity index (χ0v) is 21.8. The Balaban J connectivity index is 0.000000316. The number of para-hydroxylation sites is 2. The van der Waals surface area contributed by atoms with Crippen molar-refractivity contribution in [1.82, 2.24) is 0 Å². The third-order valence-corrected chi connectivity index (χ3v) is 4.20. The molecule has 2 aliphatic heterocycles. The number of aliphatic imine (C=N–C) groups is 1. The molecule has 4 rings (SSSR count). The summed E-state index contributed by atoms with van der Waals surface area (Å²) < 4.78 is 9.89. The van der Waals surface area contributed by atoms with Crippen LogP contribution in [0, 0.1) is 0 Å². The van der Waals surface area contributed by atoms with E-state index in [0.29, 0.717) is 0 Å². The summed E-state index contributed by atoms with van der Waals surface area (Å²) in [5, 5.41) is 4.52. The van der Waals surface area contributed by atoms with Crippen molar-refractivity contribution >= 4 is 36.8 Å². The normalized spacial score (nSPS) is 15.2. The standard InChI is InChI=1S/C17H17N2.2C4H8O.2ClH.V/c1-14(18-16-9-5-3-6-10-16)13-15(2)19-17-11-7-4-8-12-17;2*1-2-4-5-3-1;;;/h3-13H,1-2H3;2*1-4H2;2*1H;/q-1;;;;;+2/p-2/b14-13-,19-15?;;;;;. The van der Waals surface area contributed by atoms with Gasteiger partial charge in [0, 0.05) is 32.1 Å². The summed E-state index contributed by atoms with van der Waals surface area (Å²) in [7, 11) is 9.72. The van der Waals surface area contributed by atoms with E-state index in [2.05, 4.69) is 10.3 Å². The molecule has 0 aromatic heterocycles. The SMILES string of the molecule is C1CCOC1.C1CCOC1.CC(/C=C(/C)[N-]c1ccccc1)=Nc1ccccc1.[Cl][V][Cl]. The van der Waals surface area contributed by atoms with Crippen molar-refractivity contribution in [1.29, 1.82) is 0 Å². The molecule has 32 heavy (non-hydrogen) atoms. The van der Waals surface area contributed by atoms with Gasteiger partial charge in [-0.1, -0.05) is 61.5 Å². The molecule has 2 fully saturated rings. The van der Waals surface area contributed by atoms with Crippen LogP contribution in [0.2, 0.25) is 0 Å². The molecule has 2 aromatic carbocycles. The van der Waals surface area contributed by atoms with Crippen LogP contribution in [-0.4, -0.2) is 32.1 Å². The fourth-order valence-electron chi connectivity index (χ4n) is 2.80. The molecule has 0 amide bonds. The summed E-state index contributed by atoms with van der Waals surface area (Å²) in [5.74, 6) is 0. The average molecular weight is 515 g/mol. The van der Waals surface area contributed by atoms with E-state index >= 15 is 0 Å². The molecule has 4 nitrogen and oxygen atoms in total. The molecule has 2 aromatic rings. The fraction of sp³-hybridized carbons (Fsp3) is 0.400. The molecule has 0 N–H and O–H groups in total. The van der Waals surface area contributed by atoms with Gasteiger partial charge in [0.2, 0.25) is 0 Å². The van der Waals surface area contributed by atoms with Gasteiger partial charge in [0.15, 0.2) is 0 Å². The van der Waals surface area contributed by atoms with E-state index in [9.17, 15) is 0 Å². The van der Waals surface area contributed by atoms with E-state index in [1.165, 1.54) is 25.7 Å². The molecule has 0 saturated carbocycles. The van der Waals surface area contributed by atoms with Gasteiger partial charge in [-0.2, -0.15) is 5.70 Å². The van der Waals surface area contributed by atoms with Crippen LogP contribution < -0.4 is 0 Å². The molecule has 2 saturated heterocycles. The van der Waals surface area contributed by atoms with Crippen LogP contribution in [0.5, 0.6) is 0 Å². The Hall–Kier alpha value is -1.27. The molecule has 0 unspecified atom stereocenters. The molecule has 7 heteroatoms. The number of hydrogen-bond acceptors (Lipinski definition) is 3. The Morgan fingerprint density at radius 2 is 1.25 bits per heavy atom. The van der Waals surface area contributed by atoms with Crippen molar-refractivity contribution in [3.63, 3.8) is 0 Å². The quantitative estimate of drug-likeness (QED) is 0.384.